The molecule has 0 bridgehead atoms. The Morgan fingerprint density at radius 3 is 2.82 bits per heavy atom. The minimum atomic E-state index is -3.40. The zero-order valence-electron chi connectivity index (χ0n) is 9.00. The fraction of sp³-hybridized carbons (Fsp3) is 0.222. The van der Waals surface area contributed by atoms with E-state index in [1.165, 1.54) is 22.7 Å². The van der Waals surface area contributed by atoms with Gasteiger partial charge < -0.3 is 5.32 Å². The van der Waals surface area contributed by atoms with E-state index in [1.54, 1.807) is 24.6 Å². The molecule has 8 heteroatoms. The monoisotopic (exact) mass is 289 g/mol. The molecule has 2 rings (SSSR count). The van der Waals surface area contributed by atoms with Gasteiger partial charge >= 0.3 is 0 Å². The smallest absolute Gasteiger partial charge is 0.250 e. The lowest BCUT2D eigenvalue weighted by atomic mass is 10.5. The number of thiazole rings is 1. The van der Waals surface area contributed by atoms with Crippen LogP contribution in [0.4, 0.5) is 5.13 Å². The molecule has 0 saturated heterocycles. The molecule has 0 aliphatic heterocycles. The van der Waals surface area contributed by atoms with Crippen LogP contribution in [0.2, 0.25) is 0 Å². The summed E-state index contributed by atoms with van der Waals surface area (Å²) in [5, 5.41) is 7.23. The number of nitrogens with one attached hydrogen (secondary N) is 2. The molecular weight excluding hydrogens is 278 g/mol. The summed E-state index contributed by atoms with van der Waals surface area (Å²) in [7, 11) is -1.62. The van der Waals surface area contributed by atoms with Gasteiger partial charge in [-0.2, -0.15) is 0 Å². The molecule has 2 heterocycles. The molecule has 5 nitrogen and oxygen atoms in total. The van der Waals surface area contributed by atoms with Gasteiger partial charge in [0.05, 0.1) is 12.2 Å². The SMILES string of the molecule is CNc1nc(CNS(=O)(=O)c2cccs2)cs1. The lowest BCUT2D eigenvalue weighted by Gasteiger charge is -2.01. The summed E-state index contributed by atoms with van der Waals surface area (Å²) in [5.74, 6) is 0. The number of nitrogens with zero attached hydrogens (tertiary/aromatic N) is 1. The van der Waals surface area contributed by atoms with E-state index in [4.69, 9.17) is 0 Å². The predicted molar refractivity (Wildman–Crippen MR) is 70.0 cm³/mol. The molecular formula is C9H11N3O2S3. The van der Waals surface area contributed by atoms with Gasteiger partial charge in [-0.25, -0.2) is 18.1 Å². The van der Waals surface area contributed by atoms with Crippen LogP contribution in [0, 0.1) is 0 Å². The summed E-state index contributed by atoms with van der Waals surface area (Å²) < 4.78 is 26.4. The standard InChI is InChI=1S/C9H11N3O2S3/c1-10-9-12-7(6-16-9)5-11-17(13,14)8-3-2-4-15-8/h2-4,6,11H,5H2,1H3,(H,10,12). The Balaban J connectivity index is 2.03. The normalized spacial score (nSPS) is 11.6. The van der Waals surface area contributed by atoms with Gasteiger partial charge in [-0.1, -0.05) is 6.07 Å². The molecule has 2 aromatic rings. The number of thiophene rings is 1. The van der Waals surface area contributed by atoms with Gasteiger partial charge in [0.1, 0.15) is 4.21 Å². The van der Waals surface area contributed by atoms with E-state index in [2.05, 4.69) is 15.0 Å². The van der Waals surface area contributed by atoms with Crippen molar-refractivity contribution in [3.8, 4) is 0 Å². The summed E-state index contributed by atoms with van der Waals surface area (Å²) in [6.07, 6.45) is 0. The van der Waals surface area contributed by atoms with E-state index in [-0.39, 0.29) is 6.54 Å². The number of hydrogen-bond donors (Lipinski definition) is 2. The van der Waals surface area contributed by atoms with Crippen LogP contribution in [-0.4, -0.2) is 20.4 Å². The molecule has 2 N–H and O–H groups in total. The maximum Gasteiger partial charge on any atom is 0.250 e. The van der Waals surface area contributed by atoms with Crippen LogP contribution in [0.25, 0.3) is 0 Å². The van der Waals surface area contributed by atoms with Gasteiger partial charge in [-0.3, -0.25) is 0 Å². The van der Waals surface area contributed by atoms with Gasteiger partial charge in [0, 0.05) is 12.4 Å². The van der Waals surface area contributed by atoms with Gasteiger partial charge in [-0.05, 0) is 11.4 Å². The Labute approximate surface area is 108 Å². The second-order valence-electron chi connectivity index (χ2n) is 3.15. The van der Waals surface area contributed by atoms with Gasteiger partial charge in [-0.15, -0.1) is 22.7 Å². The lowest BCUT2D eigenvalue weighted by molar-refractivity contribution is 0.583. The fourth-order valence-electron chi connectivity index (χ4n) is 1.16. The van der Waals surface area contributed by atoms with Crippen molar-refractivity contribution < 1.29 is 8.42 Å². The molecule has 17 heavy (non-hydrogen) atoms. The van der Waals surface area contributed by atoms with Crippen LogP contribution >= 0.6 is 22.7 Å². The first-order valence-electron chi connectivity index (χ1n) is 4.77. The topological polar surface area (TPSA) is 71.1 Å². The van der Waals surface area contributed by atoms with Crippen molar-refractivity contribution in [2.24, 2.45) is 0 Å². The number of rotatable bonds is 5. The Bertz CT molecular complexity index is 574. The number of aromatic nitrogens is 1. The third-order valence-electron chi connectivity index (χ3n) is 1.97. The van der Waals surface area contributed by atoms with Crippen LogP contribution in [0.5, 0.6) is 0 Å². The minimum absolute atomic E-state index is 0.207. The zero-order chi connectivity index (χ0) is 12.3. The second-order valence-corrected chi connectivity index (χ2v) is 6.95. The minimum Gasteiger partial charge on any atom is -0.365 e. The van der Waals surface area contributed by atoms with Crippen molar-refractivity contribution in [2.45, 2.75) is 10.8 Å². The van der Waals surface area contributed by atoms with Crippen LogP contribution in [0.15, 0.2) is 27.1 Å². The Hall–Kier alpha value is -0.960. The quantitative estimate of drug-likeness (QED) is 0.879. The summed E-state index contributed by atoms with van der Waals surface area (Å²) in [5.41, 5.74) is 0.708. The number of hydrogen-bond acceptors (Lipinski definition) is 6. The van der Waals surface area contributed by atoms with Crippen molar-refractivity contribution in [3.05, 3.63) is 28.6 Å². The van der Waals surface area contributed by atoms with E-state index in [0.29, 0.717) is 9.90 Å². The third-order valence-corrected chi connectivity index (χ3v) is 5.68. The molecule has 0 saturated carbocycles. The highest BCUT2D eigenvalue weighted by molar-refractivity contribution is 7.91. The first kappa shape index (κ1) is 12.5. The first-order chi connectivity index (χ1) is 8.12. The molecule has 2 aromatic heterocycles. The number of anilines is 1. The molecule has 0 unspecified atom stereocenters. The Morgan fingerprint density at radius 1 is 1.41 bits per heavy atom. The van der Waals surface area contributed by atoms with Gasteiger partial charge in [0.25, 0.3) is 0 Å². The van der Waals surface area contributed by atoms with Crippen molar-refractivity contribution in [2.75, 3.05) is 12.4 Å². The highest BCUT2D eigenvalue weighted by Gasteiger charge is 2.15. The summed E-state index contributed by atoms with van der Waals surface area (Å²) >= 11 is 2.64. The maximum atomic E-state index is 11.8. The summed E-state index contributed by atoms with van der Waals surface area (Å²) in [6.45, 7) is 0.207. The summed E-state index contributed by atoms with van der Waals surface area (Å²) in [6, 6.07) is 3.29. The lowest BCUT2D eigenvalue weighted by Crippen LogP contribution is -2.22. The van der Waals surface area contributed by atoms with Crippen LogP contribution in [0.1, 0.15) is 5.69 Å². The van der Waals surface area contributed by atoms with Crippen LogP contribution in [0.3, 0.4) is 0 Å². The van der Waals surface area contributed by atoms with Crippen LogP contribution < -0.4 is 10.0 Å². The number of sulfonamides is 1. The largest absolute Gasteiger partial charge is 0.365 e. The molecule has 0 aliphatic carbocycles. The van der Waals surface area contributed by atoms with Crippen molar-refractivity contribution in [1.29, 1.82) is 0 Å². The highest BCUT2D eigenvalue weighted by Crippen LogP contribution is 2.17. The van der Waals surface area contributed by atoms with Gasteiger partial charge in [0.15, 0.2) is 5.13 Å². The predicted octanol–water partition coefficient (Wildman–Crippen LogP) is 1.72. The van der Waals surface area contributed by atoms with Gasteiger partial charge in [0.2, 0.25) is 10.0 Å². The fourth-order valence-corrected chi connectivity index (χ4v) is 3.87. The second kappa shape index (κ2) is 5.13. The molecule has 0 atom stereocenters. The van der Waals surface area contributed by atoms with Crippen molar-refractivity contribution >= 4 is 37.8 Å². The maximum absolute atomic E-state index is 11.8. The molecule has 0 amide bonds. The van der Waals surface area contributed by atoms with Crippen LogP contribution in [-0.2, 0) is 16.6 Å². The Kier molecular flexibility index (Phi) is 3.77. The van der Waals surface area contributed by atoms with Crippen molar-refractivity contribution in [3.63, 3.8) is 0 Å². The average Bonchev–Trinajstić information content (AvgIpc) is 2.98. The molecule has 0 aromatic carbocycles. The van der Waals surface area contributed by atoms with Crippen molar-refractivity contribution in [1.82, 2.24) is 9.71 Å². The van der Waals surface area contributed by atoms with E-state index in [9.17, 15) is 8.42 Å². The molecule has 92 valence electrons. The molecule has 0 fully saturated rings. The molecule has 0 radical (unpaired) electrons. The van der Waals surface area contributed by atoms with E-state index in [0.717, 1.165) is 5.13 Å². The highest BCUT2D eigenvalue weighted by atomic mass is 32.2. The molecule has 0 spiro atoms. The average molecular weight is 289 g/mol. The van der Waals surface area contributed by atoms with E-state index < -0.39 is 10.0 Å². The zero-order valence-corrected chi connectivity index (χ0v) is 11.5. The third kappa shape index (κ3) is 3.03. The van der Waals surface area contributed by atoms with E-state index in [1.807, 2.05) is 5.38 Å². The molecule has 0 aliphatic rings. The van der Waals surface area contributed by atoms with E-state index >= 15 is 0 Å². The summed E-state index contributed by atoms with van der Waals surface area (Å²) in [4.78, 5) is 4.20. The first-order valence-corrected chi connectivity index (χ1v) is 8.01. The Morgan fingerprint density at radius 2 is 2.24 bits per heavy atom.